The van der Waals surface area contributed by atoms with Gasteiger partial charge in [0.25, 0.3) is 0 Å². The Morgan fingerprint density at radius 1 is 1.38 bits per heavy atom. The highest BCUT2D eigenvalue weighted by Gasteiger charge is 2.13. The molecule has 1 N–H and O–H groups in total. The van der Waals surface area contributed by atoms with E-state index in [2.05, 4.69) is 28.6 Å². The molecule has 1 fully saturated rings. The largest absolute Gasteiger partial charge is 0.381 e. The number of allylic oxidation sites excluding steroid dienone is 1. The van der Waals surface area contributed by atoms with Crippen LogP contribution in [0.5, 0.6) is 0 Å². The number of unbranched alkanes of at least 4 members (excludes halogenated alkanes) is 1. The van der Waals surface area contributed by atoms with Crippen molar-refractivity contribution in [2.75, 3.05) is 32.8 Å². The first-order valence-electron chi connectivity index (χ1n) is 10.1. The molecule has 1 saturated heterocycles. The van der Waals surface area contributed by atoms with E-state index in [-0.39, 0.29) is 11.6 Å². The van der Waals surface area contributed by atoms with Crippen molar-refractivity contribution in [3.8, 4) is 11.8 Å². The van der Waals surface area contributed by atoms with Crippen molar-refractivity contribution in [1.82, 2.24) is 14.7 Å². The van der Waals surface area contributed by atoms with Gasteiger partial charge in [0.2, 0.25) is 13.5 Å². The summed E-state index contributed by atoms with van der Waals surface area (Å²) in [6.45, 7) is 12.3. The molecule has 5 nitrogen and oxygen atoms in total. The van der Waals surface area contributed by atoms with Crippen LogP contribution >= 0.6 is 0 Å². The van der Waals surface area contributed by atoms with E-state index >= 15 is 0 Å². The van der Waals surface area contributed by atoms with Crippen LogP contribution in [-0.2, 0) is 4.74 Å². The van der Waals surface area contributed by atoms with Crippen molar-refractivity contribution in [3.05, 3.63) is 58.2 Å². The number of pyridine rings is 1. The van der Waals surface area contributed by atoms with Gasteiger partial charge in [0.1, 0.15) is 0 Å². The first-order valence-corrected chi connectivity index (χ1v) is 10.1. The van der Waals surface area contributed by atoms with Crippen molar-refractivity contribution in [3.63, 3.8) is 0 Å². The highest BCUT2D eigenvalue weighted by atomic mass is 16.5. The maximum Gasteiger partial charge on any atom is 0.246 e. The first kappa shape index (κ1) is 21.2. The lowest BCUT2D eigenvalue weighted by Crippen LogP contribution is -2.36. The van der Waals surface area contributed by atoms with Gasteiger partial charge >= 0.3 is 0 Å². The second-order valence-corrected chi connectivity index (χ2v) is 7.52. The van der Waals surface area contributed by atoms with E-state index in [1.807, 2.05) is 38.1 Å². The number of aromatic nitrogens is 1. The predicted molar refractivity (Wildman–Crippen MR) is 119 cm³/mol. The Bertz CT molecular complexity index is 997. The molecule has 6 heteroatoms. The molecule has 0 unspecified atom stereocenters. The van der Waals surface area contributed by atoms with Crippen molar-refractivity contribution in [1.29, 1.82) is 0 Å². The number of hydrogen-bond donors (Lipinski definition) is 1. The maximum absolute atomic E-state index is 13.0. The molecule has 29 heavy (non-hydrogen) atoms. The van der Waals surface area contributed by atoms with Gasteiger partial charge in [-0.1, -0.05) is 30.6 Å². The van der Waals surface area contributed by atoms with Gasteiger partial charge in [-0.25, -0.2) is 0 Å². The monoisotopic (exact) mass is 389 g/mol. The summed E-state index contributed by atoms with van der Waals surface area (Å²) in [5, 5.41) is 4.63. The van der Waals surface area contributed by atoms with Crippen LogP contribution in [0.25, 0.3) is 10.8 Å². The lowest BCUT2D eigenvalue weighted by atomic mass is 10.0. The fourth-order valence-corrected chi connectivity index (χ4v) is 3.65. The Morgan fingerprint density at radius 2 is 2.14 bits per heavy atom. The van der Waals surface area contributed by atoms with E-state index in [0.717, 1.165) is 62.3 Å². The van der Waals surface area contributed by atoms with Gasteiger partial charge < -0.3 is 14.5 Å². The van der Waals surface area contributed by atoms with E-state index < -0.39 is 0 Å². The normalized spacial score (nSPS) is 15.5. The third-order valence-corrected chi connectivity index (χ3v) is 5.12. The predicted octanol–water partition coefficient (Wildman–Crippen LogP) is 2.58. The van der Waals surface area contributed by atoms with Gasteiger partial charge in [0.05, 0.1) is 24.6 Å². The summed E-state index contributed by atoms with van der Waals surface area (Å²) in [5.74, 6) is 6.41. The quantitative estimate of drug-likeness (QED) is 0.469. The Hall–Kier alpha value is -2.49. The zero-order valence-corrected chi connectivity index (χ0v) is 17.3. The van der Waals surface area contributed by atoms with Crippen LogP contribution < -0.4 is 10.9 Å². The number of nitrogens with zero attached hydrogens (tertiary/aromatic N) is 2. The summed E-state index contributed by atoms with van der Waals surface area (Å²) in [4.78, 5) is 15.4. The third-order valence-electron chi connectivity index (χ3n) is 5.12. The number of hydrogen-bond acceptors (Lipinski definition) is 4. The van der Waals surface area contributed by atoms with Crippen LogP contribution in [0.2, 0.25) is 0 Å². The summed E-state index contributed by atoms with van der Waals surface area (Å²) in [6.07, 6.45) is 1.80. The van der Waals surface area contributed by atoms with Gasteiger partial charge in [-0.2, -0.15) is 0 Å². The van der Waals surface area contributed by atoms with Gasteiger partial charge in [-0.05, 0) is 44.3 Å². The van der Waals surface area contributed by atoms with Crippen LogP contribution in [0.15, 0.2) is 41.3 Å². The molecule has 1 atom stereocenters. The van der Waals surface area contributed by atoms with E-state index in [1.165, 1.54) is 4.48 Å². The minimum atomic E-state index is -0.230. The molecular formula is C23H28BN3O2. The summed E-state index contributed by atoms with van der Waals surface area (Å²) >= 11 is 0. The number of rotatable bonds is 6. The van der Waals surface area contributed by atoms with Gasteiger partial charge in [-0.3, -0.25) is 9.69 Å². The molecule has 1 aromatic heterocycles. The Labute approximate surface area is 174 Å². The van der Waals surface area contributed by atoms with Crippen LogP contribution in [0, 0.1) is 11.8 Å². The molecule has 1 aliphatic rings. The molecule has 1 aliphatic heterocycles. The van der Waals surface area contributed by atoms with E-state index in [0.29, 0.717) is 11.1 Å². The fraction of sp³-hybridized carbons (Fsp3) is 0.435. The van der Waals surface area contributed by atoms with E-state index in [9.17, 15) is 4.79 Å². The van der Waals surface area contributed by atoms with Gasteiger partial charge in [0.15, 0.2) is 0 Å². The second-order valence-electron chi connectivity index (χ2n) is 7.52. The second kappa shape index (κ2) is 9.82. The van der Waals surface area contributed by atoms with Crippen molar-refractivity contribution in [2.45, 2.75) is 32.7 Å². The summed E-state index contributed by atoms with van der Waals surface area (Å²) in [7, 11) is 6.12. The number of benzene rings is 1. The van der Waals surface area contributed by atoms with E-state index in [4.69, 9.17) is 12.7 Å². The van der Waals surface area contributed by atoms with E-state index in [1.54, 1.807) is 0 Å². The zero-order valence-electron chi connectivity index (χ0n) is 17.3. The molecule has 3 rings (SSSR count). The zero-order chi connectivity index (χ0) is 20.8. The molecular weight excluding hydrogens is 361 g/mol. The standard InChI is InChI=1S/C23H28BN3O2/c1-17(2)25-18(3)21-16-20-10-7-9-19(22(20)23(28)27(21)24)8-5-4-6-11-26-12-14-29-15-13-26/h7,9-10,16,18,25H,1,4,6,11-15H2,2-3H3/t18-/m0/s1. The molecule has 0 spiro atoms. The SMILES string of the molecule is [B]n1c([C@H](C)NC(=C)C)cc2cccc(C#CCCCN3CCOCC3)c2c1=O. The number of fused-ring (bicyclic) bond motifs is 1. The molecule has 2 heterocycles. The smallest absolute Gasteiger partial charge is 0.246 e. The Morgan fingerprint density at radius 3 is 2.86 bits per heavy atom. The average Bonchev–Trinajstić information content (AvgIpc) is 2.70. The maximum atomic E-state index is 13.0. The average molecular weight is 389 g/mol. The van der Waals surface area contributed by atoms with Gasteiger partial charge in [-0.15, -0.1) is 0 Å². The molecule has 0 bridgehead atoms. The first-order chi connectivity index (χ1) is 14.0. The van der Waals surface area contributed by atoms with Gasteiger partial charge in [0, 0.05) is 36.5 Å². The minimum absolute atomic E-state index is 0.121. The highest BCUT2D eigenvalue weighted by Crippen LogP contribution is 2.20. The lowest BCUT2D eigenvalue weighted by Gasteiger charge is -2.26. The van der Waals surface area contributed by atoms with Crippen LogP contribution in [-0.4, -0.2) is 50.2 Å². The molecule has 150 valence electrons. The minimum Gasteiger partial charge on any atom is -0.381 e. The summed E-state index contributed by atoms with van der Waals surface area (Å²) < 4.78 is 6.58. The third kappa shape index (κ3) is 5.32. The number of ether oxygens (including phenoxy) is 1. The van der Waals surface area contributed by atoms with Crippen molar-refractivity contribution >= 4 is 18.8 Å². The Kier molecular flexibility index (Phi) is 7.19. The van der Waals surface area contributed by atoms with Crippen LogP contribution in [0.4, 0.5) is 0 Å². The molecule has 2 aromatic rings. The fourth-order valence-electron chi connectivity index (χ4n) is 3.65. The molecule has 0 aliphatic carbocycles. The van der Waals surface area contributed by atoms with Crippen molar-refractivity contribution in [2.24, 2.45) is 0 Å². The Balaban J connectivity index is 1.78. The van der Waals surface area contributed by atoms with Crippen LogP contribution in [0.3, 0.4) is 0 Å². The molecule has 2 radical (unpaired) electrons. The lowest BCUT2D eigenvalue weighted by molar-refractivity contribution is 0.0376. The molecule has 1 aromatic carbocycles. The summed E-state index contributed by atoms with van der Waals surface area (Å²) in [5.41, 5.74) is 2.03. The number of morpholine rings is 1. The van der Waals surface area contributed by atoms with Crippen molar-refractivity contribution < 1.29 is 4.74 Å². The molecule has 0 amide bonds. The highest BCUT2D eigenvalue weighted by molar-refractivity contribution is 6.08. The molecule has 0 saturated carbocycles. The number of nitrogens with one attached hydrogen (secondary N) is 1. The topological polar surface area (TPSA) is 46.5 Å². The van der Waals surface area contributed by atoms with Crippen LogP contribution in [0.1, 0.15) is 44.0 Å². The summed E-state index contributed by atoms with van der Waals surface area (Å²) in [6, 6.07) is 7.57.